The van der Waals surface area contributed by atoms with Gasteiger partial charge in [-0.2, -0.15) is 0 Å². The molecule has 150 valence electrons. The van der Waals surface area contributed by atoms with Crippen molar-refractivity contribution in [1.29, 1.82) is 0 Å². The fraction of sp³-hybridized carbons (Fsp3) is 0.348. The average Bonchev–Trinajstić information content (AvgIpc) is 2.74. The number of nitrogens with zero attached hydrogens (tertiary/aromatic N) is 2. The quantitative estimate of drug-likeness (QED) is 0.587. The molecule has 29 heavy (non-hydrogen) atoms. The van der Waals surface area contributed by atoms with Gasteiger partial charge in [0.25, 0.3) is 0 Å². The van der Waals surface area contributed by atoms with Gasteiger partial charge in [-0.25, -0.2) is 4.39 Å². The monoisotopic (exact) mass is 409 g/mol. The van der Waals surface area contributed by atoms with Crippen LogP contribution >= 0.6 is 11.8 Å². The minimum absolute atomic E-state index is 0.0445. The first-order chi connectivity index (χ1) is 14.1. The maximum atomic E-state index is 13.3. The number of thioether (sulfide) groups is 1. The molecular formula is C23H24FN3OS. The molecule has 0 radical (unpaired) electrons. The van der Waals surface area contributed by atoms with Crippen molar-refractivity contribution in [3.05, 3.63) is 54.3 Å². The Bertz CT molecular complexity index is 1000. The van der Waals surface area contributed by atoms with Crippen molar-refractivity contribution in [2.45, 2.75) is 43.7 Å². The van der Waals surface area contributed by atoms with Gasteiger partial charge in [0.05, 0.1) is 5.75 Å². The molecule has 0 unspecified atom stereocenters. The van der Waals surface area contributed by atoms with E-state index in [0.29, 0.717) is 17.5 Å². The van der Waals surface area contributed by atoms with Crippen LogP contribution in [0.4, 0.5) is 4.39 Å². The maximum Gasteiger partial charge on any atom is 0.230 e. The lowest BCUT2D eigenvalue weighted by Gasteiger charge is -2.26. The number of benzene rings is 2. The van der Waals surface area contributed by atoms with Crippen LogP contribution in [0.3, 0.4) is 0 Å². The van der Waals surface area contributed by atoms with E-state index in [2.05, 4.69) is 22.4 Å². The molecule has 2 aromatic carbocycles. The Morgan fingerprint density at radius 1 is 1.03 bits per heavy atom. The highest BCUT2D eigenvalue weighted by atomic mass is 32.2. The van der Waals surface area contributed by atoms with E-state index in [1.807, 2.05) is 24.3 Å². The molecule has 1 N–H and O–H groups in total. The second-order valence-electron chi connectivity index (χ2n) is 7.72. The van der Waals surface area contributed by atoms with Gasteiger partial charge in [-0.3, -0.25) is 4.79 Å². The number of amides is 1. The third kappa shape index (κ3) is 4.75. The van der Waals surface area contributed by atoms with Gasteiger partial charge in [0, 0.05) is 22.4 Å². The van der Waals surface area contributed by atoms with Gasteiger partial charge in [0.1, 0.15) is 16.5 Å². The number of rotatable bonds is 5. The van der Waals surface area contributed by atoms with Crippen LogP contribution in [0.2, 0.25) is 0 Å². The number of halogens is 1. The van der Waals surface area contributed by atoms with E-state index in [1.165, 1.54) is 36.7 Å². The van der Waals surface area contributed by atoms with Crippen LogP contribution in [0.15, 0.2) is 53.6 Å². The number of fused-ring (bicyclic) bond motifs is 1. The number of hydrogen-bond donors (Lipinski definition) is 1. The summed E-state index contributed by atoms with van der Waals surface area (Å²) >= 11 is 1.41. The molecule has 0 spiro atoms. The summed E-state index contributed by atoms with van der Waals surface area (Å²) in [5, 5.41) is 14.5. The van der Waals surface area contributed by atoms with Gasteiger partial charge in [-0.15, -0.1) is 10.2 Å². The Hall–Kier alpha value is -2.47. The second-order valence-corrected chi connectivity index (χ2v) is 8.68. The summed E-state index contributed by atoms with van der Waals surface area (Å²) in [6, 6.07) is 14.4. The third-order valence-corrected chi connectivity index (χ3v) is 6.47. The second kappa shape index (κ2) is 8.91. The number of carbonyl (C=O) groups excluding carboxylic acids is 1. The Kier molecular flexibility index (Phi) is 6.09. The molecule has 1 fully saturated rings. The first-order valence-electron chi connectivity index (χ1n) is 10.0. The highest BCUT2D eigenvalue weighted by Crippen LogP contribution is 2.32. The lowest BCUT2D eigenvalue weighted by atomic mass is 9.87. The van der Waals surface area contributed by atoms with E-state index in [-0.39, 0.29) is 11.7 Å². The first kappa shape index (κ1) is 19.8. The van der Waals surface area contributed by atoms with Crippen LogP contribution in [0.25, 0.3) is 22.0 Å². The highest BCUT2D eigenvalue weighted by molar-refractivity contribution is 8.00. The average molecular weight is 410 g/mol. The predicted molar refractivity (Wildman–Crippen MR) is 115 cm³/mol. The van der Waals surface area contributed by atoms with Crippen molar-refractivity contribution in [3.63, 3.8) is 0 Å². The van der Waals surface area contributed by atoms with E-state index >= 15 is 0 Å². The maximum absolute atomic E-state index is 13.3. The van der Waals surface area contributed by atoms with E-state index < -0.39 is 0 Å². The number of hydrogen-bond acceptors (Lipinski definition) is 4. The zero-order valence-corrected chi connectivity index (χ0v) is 17.2. The summed E-state index contributed by atoms with van der Waals surface area (Å²) < 4.78 is 13.3. The van der Waals surface area contributed by atoms with Crippen molar-refractivity contribution in [3.8, 4) is 11.3 Å². The zero-order chi connectivity index (χ0) is 20.2. The zero-order valence-electron chi connectivity index (χ0n) is 16.4. The van der Waals surface area contributed by atoms with Gasteiger partial charge >= 0.3 is 0 Å². The topological polar surface area (TPSA) is 54.9 Å². The van der Waals surface area contributed by atoms with Crippen LogP contribution in [0.5, 0.6) is 0 Å². The lowest BCUT2D eigenvalue weighted by Crippen LogP contribution is -2.38. The molecule has 4 rings (SSSR count). The number of aromatic nitrogens is 2. The molecule has 3 aromatic rings. The Balaban J connectivity index is 1.49. The molecule has 1 aliphatic rings. The SMILES string of the molecule is CC1CCC(NC(=O)CSc2nnc(-c3ccc(F)cc3)c3ccccc23)CC1. The van der Waals surface area contributed by atoms with Crippen LogP contribution in [-0.2, 0) is 4.79 Å². The van der Waals surface area contributed by atoms with Crippen LogP contribution in [0, 0.1) is 11.7 Å². The van der Waals surface area contributed by atoms with Gasteiger partial charge in [0.15, 0.2) is 0 Å². The normalized spacial score (nSPS) is 19.2. The summed E-state index contributed by atoms with van der Waals surface area (Å²) in [4.78, 5) is 12.4. The standard InChI is InChI=1S/C23H24FN3OS/c1-15-6-12-18(13-7-15)25-21(28)14-29-23-20-5-3-2-4-19(20)22(26-27-23)16-8-10-17(24)11-9-16/h2-5,8-11,15,18H,6-7,12-14H2,1H3,(H,25,28). The van der Waals surface area contributed by atoms with Crippen molar-refractivity contribution in [1.82, 2.24) is 15.5 Å². The fourth-order valence-corrected chi connectivity index (χ4v) is 4.60. The minimum atomic E-state index is -0.281. The molecule has 1 heterocycles. The summed E-state index contributed by atoms with van der Waals surface area (Å²) in [6.07, 6.45) is 4.48. The molecule has 1 aromatic heterocycles. The van der Waals surface area contributed by atoms with Crippen molar-refractivity contribution < 1.29 is 9.18 Å². The molecule has 0 aliphatic heterocycles. The van der Waals surface area contributed by atoms with Crippen molar-refractivity contribution in [2.75, 3.05) is 5.75 Å². The Morgan fingerprint density at radius 3 is 2.45 bits per heavy atom. The van der Waals surface area contributed by atoms with E-state index in [1.54, 1.807) is 12.1 Å². The highest BCUT2D eigenvalue weighted by Gasteiger charge is 2.20. The molecule has 1 amide bonds. The Morgan fingerprint density at radius 2 is 1.72 bits per heavy atom. The molecule has 0 atom stereocenters. The molecule has 4 nitrogen and oxygen atoms in total. The summed E-state index contributed by atoms with van der Waals surface area (Å²) in [5.41, 5.74) is 1.53. The van der Waals surface area contributed by atoms with Gasteiger partial charge in [0.2, 0.25) is 5.91 Å². The van der Waals surface area contributed by atoms with Gasteiger partial charge in [-0.05, 0) is 55.9 Å². The summed E-state index contributed by atoms with van der Waals surface area (Å²) in [7, 11) is 0. The van der Waals surface area contributed by atoms with Crippen LogP contribution in [-0.4, -0.2) is 27.9 Å². The fourth-order valence-electron chi connectivity index (χ4n) is 3.81. The third-order valence-electron chi connectivity index (χ3n) is 5.49. The smallest absolute Gasteiger partial charge is 0.230 e. The van der Waals surface area contributed by atoms with E-state index in [4.69, 9.17) is 0 Å². The van der Waals surface area contributed by atoms with Crippen molar-refractivity contribution in [2.24, 2.45) is 5.92 Å². The van der Waals surface area contributed by atoms with E-state index in [9.17, 15) is 9.18 Å². The summed E-state index contributed by atoms with van der Waals surface area (Å²) in [6.45, 7) is 2.27. The number of carbonyl (C=O) groups is 1. The summed E-state index contributed by atoms with van der Waals surface area (Å²) in [5.74, 6) is 0.846. The van der Waals surface area contributed by atoms with Gasteiger partial charge < -0.3 is 5.32 Å². The molecule has 0 bridgehead atoms. The molecule has 1 saturated carbocycles. The van der Waals surface area contributed by atoms with E-state index in [0.717, 1.165) is 40.1 Å². The molecule has 0 saturated heterocycles. The molecule has 6 heteroatoms. The largest absolute Gasteiger partial charge is 0.353 e. The predicted octanol–water partition coefficient (Wildman–Crippen LogP) is 5.22. The minimum Gasteiger partial charge on any atom is -0.353 e. The molecular weight excluding hydrogens is 385 g/mol. The van der Waals surface area contributed by atoms with Crippen molar-refractivity contribution >= 4 is 28.4 Å². The number of nitrogens with one attached hydrogen (secondary N) is 1. The van der Waals surface area contributed by atoms with Crippen LogP contribution in [0.1, 0.15) is 32.6 Å². The first-order valence-corrected chi connectivity index (χ1v) is 11.0. The lowest BCUT2D eigenvalue weighted by molar-refractivity contribution is -0.119. The van der Waals surface area contributed by atoms with Crippen LogP contribution < -0.4 is 5.32 Å². The van der Waals surface area contributed by atoms with Gasteiger partial charge in [-0.1, -0.05) is 43.0 Å². The molecule has 1 aliphatic carbocycles. The Labute approximate surface area is 174 Å².